The van der Waals surface area contributed by atoms with Crippen molar-refractivity contribution in [3.8, 4) is 0 Å². The van der Waals surface area contributed by atoms with Crippen LogP contribution in [0.1, 0.15) is 58.2 Å². The van der Waals surface area contributed by atoms with Crippen molar-refractivity contribution >= 4 is 12.0 Å². The molecule has 1 aromatic rings. The molecule has 0 radical (unpaired) electrons. The lowest BCUT2D eigenvalue weighted by molar-refractivity contribution is -0.164. The monoisotopic (exact) mass is 448 g/mol. The number of carbonyl (C=O) groups excluding carboxylic acids is 2. The van der Waals surface area contributed by atoms with Gasteiger partial charge in [-0.25, -0.2) is 4.79 Å². The highest BCUT2D eigenvalue weighted by Gasteiger charge is 2.41. The maximum atomic E-state index is 13.4. The average Bonchev–Trinajstić information content (AvgIpc) is 2.73. The summed E-state index contributed by atoms with van der Waals surface area (Å²) in [6, 6.07) is 7.66. The Kier molecular flexibility index (Phi) is 7.79. The van der Waals surface area contributed by atoms with Gasteiger partial charge in [-0.3, -0.25) is 4.79 Å². The largest absolute Gasteiger partial charge is 0.444 e. The van der Waals surface area contributed by atoms with Crippen molar-refractivity contribution in [3.63, 3.8) is 0 Å². The summed E-state index contributed by atoms with van der Waals surface area (Å²) in [4.78, 5) is 27.7. The van der Waals surface area contributed by atoms with E-state index < -0.39 is 36.0 Å². The number of nitrogens with one attached hydrogen (secondary N) is 1. The van der Waals surface area contributed by atoms with E-state index in [0.29, 0.717) is 6.54 Å². The number of rotatable bonds is 5. The molecule has 0 unspecified atom stereocenters. The Morgan fingerprint density at radius 2 is 2.03 bits per heavy atom. The molecular formula is C24H36N2O6. The van der Waals surface area contributed by atoms with E-state index in [4.69, 9.17) is 14.2 Å². The van der Waals surface area contributed by atoms with E-state index in [-0.39, 0.29) is 31.6 Å². The molecule has 2 N–H and O–H groups in total. The number of aliphatic hydroxyl groups is 1. The summed E-state index contributed by atoms with van der Waals surface area (Å²) in [6.07, 6.45) is -1.09. The summed E-state index contributed by atoms with van der Waals surface area (Å²) in [6.45, 7) is 9.77. The van der Waals surface area contributed by atoms with Gasteiger partial charge in [0.25, 0.3) is 5.91 Å². The number of benzene rings is 1. The lowest BCUT2D eigenvalue weighted by Crippen LogP contribution is -2.57. The Balaban J connectivity index is 1.71. The fraction of sp³-hybridized carbons (Fsp3) is 0.667. The zero-order valence-electron chi connectivity index (χ0n) is 19.7. The average molecular weight is 449 g/mol. The number of fused-ring (bicyclic) bond motifs is 1. The second kappa shape index (κ2) is 10.2. The summed E-state index contributed by atoms with van der Waals surface area (Å²) in [7, 11) is 0. The molecule has 0 aromatic heterocycles. The topological polar surface area (TPSA) is 97.3 Å². The number of carbonyl (C=O) groups is 2. The van der Waals surface area contributed by atoms with Crippen LogP contribution in [0.25, 0.3) is 0 Å². The SMILES string of the molecule is C[C@@H](CO)O[C@H]1CO[C@@H](C(=O)N2CCc3ccccc3[C@@H]2C)C[C@@H]1NC(=O)OC(C)(C)C. The number of nitrogens with zero attached hydrogens (tertiary/aromatic N) is 1. The van der Waals surface area contributed by atoms with Crippen molar-refractivity contribution in [2.45, 2.75) is 83.5 Å². The minimum atomic E-state index is -0.688. The smallest absolute Gasteiger partial charge is 0.407 e. The Hall–Kier alpha value is -2.16. The highest BCUT2D eigenvalue weighted by atomic mass is 16.6. The molecule has 0 bridgehead atoms. The predicted molar refractivity (Wildman–Crippen MR) is 119 cm³/mol. The van der Waals surface area contributed by atoms with Crippen LogP contribution in [0.2, 0.25) is 0 Å². The number of amides is 2. The molecule has 2 amide bonds. The van der Waals surface area contributed by atoms with E-state index in [1.165, 1.54) is 5.56 Å². The van der Waals surface area contributed by atoms with Crippen LogP contribution in [-0.4, -0.2) is 71.7 Å². The summed E-state index contributed by atoms with van der Waals surface area (Å²) in [5.74, 6) is -0.0864. The van der Waals surface area contributed by atoms with E-state index >= 15 is 0 Å². The van der Waals surface area contributed by atoms with Gasteiger partial charge in [-0.15, -0.1) is 0 Å². The summed E-state index contributed by atoms with van der Waals surface area (Å²) < 4.78 is 17.2. The van der Waals surface area contributed by atoms with Crippen LogP contribution in [0, 0.1) is 0 Å². The van der Waals surface area contributed by atoms with Gasteiger partial charge in [0.05, 0.1) is 31.4 Å². The molecule has 0 saturated carbocycles. The van der Waals surface area contributed by atoms with Gasteiger partial charge < -0.3 is 29.5 Å². The number of ether oxygens (including phenoxy) is 3. The van der Waals surface area contributed by atoms with Crippen LogP contribution < -0.4 is 5.32 Å². The molecule has 8 heteroatoms. The van der Waals surface area contributed by atoms with Crippen LogP contribution in [0.4, 0.5) is 4.79 Å². The molecule has 1 aromatic carbocycles. The molecule has 3 rings (SSSR count). The lowest BCUT2D eigenvalue weighted by Gasteiger charge is -2.41. The molecule has 2 heterocycles. The van der Waals surface area contributed by atoms with Gasteiger partial charge in [0.2, 0.25) is 0 Å². The maximum absolute atomic E-state index is 13.4. The molecule has 0 aliphatic carbocycles. The summed E-state index contributed by atoms with van der Waals surface area (Å²) in [5, 5.41) is 12.2. The van der Waals surface area contributed by atoms with Crippen molar-refractivity contribution in [2.24, 2.45) is 0 Å². The summed E-state index contributed by atoms with van der Waals surface area (Å²) in [5.41, 5.74) is 1.78. The minimum absolute atomic E-state index is 0.0447. The van der Waals surface area contributed by atoms with Crippen LogP contribution in [0.3, 0.4) is 0 Å². The van der Waals surface area contributed by atoms with Gasteiger partial charge in [0.1, 0.15) is 17.8 Å². The van der Waals surface area contributed by atoms with Crippen molar-refractivity contribution in [3.05, 3.63) is 35.4 Å². The van der Waals surface area contributed by atoms with Gasteiger partial charge in [-0.05, 0) is 52.2 Å². The third-order valence-corrected chi connectivity index (χ3v) is 5.90. The number of aliphatic hydroxyl groups excluding tert-OH is 1. The number of hydrogen-bond donors (Lipinski definition) is 2. The van der Waals surface area contributed by atoms with E-state index in [2.05, 4.69) is 17.4 Å². The molecule has 5 atom stereocenters. The number of hydrogen-bond acceptors (Lipinski definition) is 6. The Labute approximate surface area is 190 Å². The molecule has 2 aliphatic rings. The lowest BCUT2D eigenvalue weighted by atomic mass is 9.92. The Morgan fingerprint density at radius 3 is 2.72 bits per heavy atom. The highest BCUT2D eigenvalue weighted by molar-refractivity contribution is 5.82. The first-order chi connectivity index (χ1) is 15.1. The maximum Gasteiger partial charge on any atom is 0.407 e. The van der Waals surface area contributed by atoms with Crippen LogP contribution in [-0.2, 0) is 25.4 Å². The molecule has 1 saturated heterocycles. The molecule has 32 heavy (non-hydrogen) atoms. The Bertz CT molecular complexity index is 808. The fourth-order valence-corrected chi connectivity index (χ4v) is 4.29. The van der Waals surface area contributed by atoms with E-state index in [0.717, 1.165) is 12.0 Å². The van der Waals surface area contributed by atoms with Gasteiger partial charge in [-0.1, -0.05) is 24.3 Å². The van der Waals surface area contributed by atoms with E-state index in [1.807, 2.05) is 24.0 Å². The van der Waals surface area contributed by atoms with Gasteiger partial charge >= 0.3 is 6.09 Å². The van der Waals surface area contributed by atoms with E-state index in [1.54, 1.807) is 27.7 Å². The predicted octanol–water partition coefficient (Wildman–Crippen LogP) is 2.58. The zero-order chi connectivity index (χ0) is 23.5. The molecule has 8 nitrogen and oxygen atoms in total. The molecule has 0 spiro atoms. The zero-order valence-corrected chi connectivity index (χ0v) is 19.7. The van der Waals surface area contributed by atoms with Gasteiger partial charge in [0, 0.05) is 13.0 Å². The molecular weight excluding hydrogens is 412 g/mol. The standard InChI is InChI=1S/C24H36N2O6/c1-15(13-27)31-21-14-30-20(12-19(21)25-23(29)32-24(3,4)5)22(28)26-11-10-17-8-6-7-9-18(17)16(26)2/h6-9,15-16,19-21,27H,10-14H2,1-5H3,(H,25,29)/t15-,16-,19-,20+,21-/m0/s1. The van der Waals surface area contributed by atoms with Crippen molar-refractivity contribution < 1.29 is 28.9 Å². The second-order valence-electron chi connectivity index (χ2n) is 9.63. The summed E-state index contributed by atoms with van der Waals surface area (Å²) >= 11 is 0. The first-order valence-corrected chi connectivity index (χ1v) is 11.3. The fourth-order valence-electron chi connectivity index (χ4n) is 4.29. The van der Waals surface area contributed by atoms with Crippen molar-refractivity contribution in [1.29, 1.82) is 0 Å². The Morgan fingerprint density at radius 1 is 1.31 bits per heavy atom. The quantitative estimate of drug-likeness (QED) is 0.719. The third kappa shape index (κ3) is 5.99. The van der Waals surface area contributed by atoms with Crippen LogP contribution in [0.15, 0.2) is 24.3 Å². The normalized spacial score (nSPS) is 26.8. The highest BCUT2D eigenvalue weighted by Crippen LogP contribution is 2.31. The van der Waals surface area contributed by atoms with Crippen LogP contribution >= 0.6 is 0 Å². The first-order valence-electron chi connectivity index (χ1n) is 11.3. The van der Waals surface area contributed by atoms with E-state index in [9.17, 15) is 14.7 Å². The minimum Gasteiger partial charge on any atom is -0.444 e. The molecule has 2 aliphatic heterocycles. The number of alkyl carbamates (subject to hydrolysis) is 1. The van der Waals surface area contributed by atoms with Gasteiger partial charge in [0.15, 0.2) is 0 Å². The first kappa shape index (κ1) is 24.5. The third-order valence-electron chi connectivity index (χ3n) is 5.90. The molecule has 178 valence electrons. The van der Waals surface area contributed by atoms with Crippen molar-refractivity contribution in [1.82, 2.24) is 10.2 Å². The van der Waals surface area contributed by atoms with Crippen molar-refractivity contribution in [2.75, 3.05) is 19.8 Å². The van der Waals surface area contributed by atoms with Crippen LogP contribution in [0.5, 0.6) is 0 Å². The van der Waals surface area contributed by atoms with Gasteiger partial charge in [-0.2, -0.15) is 0 Å². The molecule has 1 fully saturated rings. The second-order valence-corrected chi connectivity index (χ2v) is 9.63.